The first-order valence-corrected chi connectivity index (χ1v) is 6.31. The van der Waals surface area contributed by atoms with Gasteiger partial charge in [-0.2, -0.15) is 0 Å². The van der Waals surface area contributed by atoms with Crippen molar-refractivity contribution in [2.75, 3.05) is 0 Å². The van der Waals surface area contributed by atoms with E-state index in [1.54, 1.807) is 28.9 Å². The summed E-state index contributed by atoms with van der Waals surface area (Å²) in [6.45, 7) is 0. The number of hydrogen-bond acceptors (Lipinski definition) is 3. The predicted octanol–water partition coefficient (Wildman–Crippen LogP) is 4.74. The Balaban J connectivity index is 2.02. The smallest absolute Gasteiger partial charge is 0.143 e. The van der Waals surface area contributed by atoms with Gasteiger partial charge >= 0.3 is 0 Å². The summed E-state index contributed by atoms with van der Waals surface area (Å²) in [6, 6.07) is 12.4. The van der Waals surface area contributed by atoms with Crippen LogP contribution >= 0.6 is 22.7 Å². The van der Waals surface area contributed by atoms with Crippen LogP contribution in [0, 0.1) is 0 Å². The van der Waals surface area contributed by atoms with Gasteiger partial charge in [-0.3, -0.25) is 0 Å². The second-order valence-corrected chi connectivity index (χ2v) is 5.15. The molecule has 0 spiro atoms. The molecule has 0 aromatic carbocycles. The summed E-state index contributed by atoms with van der Waals surface area (Å²) in [6.07, 6.45) is 1.71. The molecule has 0 atom stereocenters. The van der Waals surface area contributed by atoms with Crippen LogP contribution in [0.2, 0.25) is 0 Å². The van der Waals surface area contributed by atoms with Gasteiger partial charge in [-0.25, -0.2) is 0 Å². The summed E-state index contributed by atoms with van der Waals surface area (Å²) >= 11 is 3.53. The molecule has 0 radical (unpaired) electrons. The average molecular weight is 232 g/mol. The number of rotatable bonds is 2. The molecule has 3 aromatic rings. The summed E-state index contributed by atoms with van der Waals surface area (Å²) in [5.74, 6) is 0.947. The highest BCUT2D eigenvalue weighted by Gasteiger charge is 2.06. The van der Waals surface area contributed by atoms with E-state index in [9.17, 15) is 0 Å². The zero-order valence-corrected chi connectivity index (χ0v) is 9.48. The van der Waals surface area contributed by atoms with Crippen molar-refractivity contribution in [3.05, 3.63) is 48.0 Å². The Kier molecular flexibility index (Phi) is 2.19. The molecule has 3 aromatic heterocycles. The highest BCUT2D eigenvalue weighted by molar-refractivity contribution is 7.23. The van der Waals surface area contributed by atoms with Crippen molar-refractivity contribution in [3.63, 3.8) is 0 Å². The predicted molar refractivity (Wildman–Crippen MR) is 65.3 cm³/mol. The lowest BCUT2D eigenvalue weighted by molar-refractivity contribution is 0.584. The fourth-order valence-corrected chi connectivity index (χ4v) is 3.25. The van der Waals surface area contributed by atoms with E-state index in [4.69, 9.17) is 4.42 Å². The number of furan rings is 1. The Labute approximate surface area is 95.6 Å². The average Bonchev–Trinajstić information content (AvgIpc) is 3.02. The maximum Gasteiger partial charge on any atom is 0.143 e. The van der Waals surface area contributed by atoms with Crippen LogP contribution in [-0.4, -0.2) is 0 Å². The fourth-order valence-electron chi connectivity index (χ4n) is 1.44. The summed E-state index contributed by atoms with van der Waals surface area (Å²) in [4.78, 5) is 3.80. The second-order valence-electron chi connectivity index (χ2n) is 3.12. The van der Waals surface area contributed by atoms with Gasteiger partial charge in [0.2, 0.25) is 0 Å². The Hall–Kier alpha value is -1.32. The Morgan fingerprint density at radius 1 is 0.867 bits per heavy atom. The normalized spacial score (nSPS) is 10.7. The van der Waals surface area contributed by atoms with Gasteiger partial charge in [0.15, 0.2) is 0 Å². The first-order valence-electron chi connectivity index (χ1n) is 4.61. The van der Waals surface area contributed by atoms with Crippen LogP contribution in [0.5, 0.6) is 0 Å². The van der Waals surface area contributed by atoms with Crippen molar-refractivity contribution >= 4 is 22.7 Å². The molecule has 0 unspecified atom stereocenters. The monoisotopic (exact) mass is 232 g/mol. The lowest BCUT2D eigenvalue weighted by Gasteiger charge is -1.89. The molecular weight excluding hydrogens is 224 g/mol. The molecule has 3 heteroatoms. The molecule has 74 valence electrons. The van der Waals surface area contributed by atoms with Gasteiger partial charge < -0.3 is 4.42 Å². The van der Waals surface area contributed by atoms with Gasteiger partial charge in [0.1, 0.15) is 5.76 Å². The molecule has 0 saturated carbocycles. The molecule has 0 fully saturated rings. The molecule has 0 amide bonds. The van der Waals surface area contributed by atoms with Gasteiger partial charge in [0.05, 0.1) is 11.1 Å². The van der Waals surface area contributed by atoms with Crippen molar-refractivity contribution in [3.8, 4) is 20.4 Å². The van der Waals surface area contributed by atoms with E-state index >= 15 is 0 Å². The van der Waals surface area contributed by atoms with E-state index < -0.39 is 0 Å². The van der Waals surface area contributed by atoms with Crippen LogP contribution in [0.15, 0.2) is 52.5 Å². The lowest BCUT2D eigenvalue weighted by atomic mass is 10.3. The standard InChI is InChI=1S/C12H8OS2/c1-3-9(13-7-1)10-5-6-12(15-10)11-4-2-8-14-11/h1-8H. The van der Waals surface area contributed by atoms with Crippen molar-refractivity contribution in [1.29, 1.82) is 0 Å². The highest BCUT2D eigenvalue weighted by atomic mass is 32.1. The van der Waals surface area contributed by atoms with Crippen LogP contribution in [0.4, 0.5) is 0 Å². The van der Waals surface area contributed by atoms with Crippen molar-refractivity contribution in [1.82, 2.24) is 0 Å². The van der Waals surface area contributed by atoms with Crippen LogP contribution in [0.25, 0.3) is 20.4 Å². The number of thiophene rings is 2. The molecule has 0 aliphatic carbocycles. The van der Waals surface area contributed by atoms with Crippen molar-refractivity contribution in [2.24, 2.45) is 0 Å². The Bertz CT molecular complexity index is 483. The van der Waals surface area contributed by atoms with E-state index in [2.05, 4.69) is 29.6 Å². The summed E-state index contributed by atoms with van der Waals surface area (Å²) in [5.41, 5.74) is 0. The van der Waals surface area contributed by atoms with E-state index in [1.807, 2.05) is 12.1 Å². The molecule has 0 aliphatic rings. The van der Waals surface area contributed by atoms with Gasteiger partial charge in [-0.15, -0.1) is 22.7 Å². The van der Waals surface area contributed by atoms with Crippen LogP contribution in [0.1, 0.15) is 0 Å². The third-order valence-corrected chi connectivity index (χ3v) is 4.30. The van der Waals surface area contributed by atoms with Crippen LogP contribution in [-0.2, 0) is 0 Å². The van der Waals surface area contributed by atoms with Gasteiger partial charge in [-0.05, 0) is 35.7 Å². The van der Waals surface area contributed by atoms with Crippen LogP contribution < -0.4 is 0 Å². The highest BCUT2D eigenvalue weighted by Crippen LogP contribution is 2.36. The van der Waals surface area contributed by atoms with Gasteiger partial charge in [0, 0.05) is 9.75 Å². The van der Waals surface area contributed by atoms with Crippen molar-refractivity contribution < 1.29 is 4.42 Å². The zero-order chi connectivity index (χ0) is 10.1. The summed E-state index contributed by atoms with van der Waals surface area (Å²) < 4.78 is 5.36. The minimum Gasteiger partial charge on any atom is -0.464 e. The fraction of sp³-hybridized carbons (Fsp3) is 0. The Morgan fingerprint density at radius 2 is 1.80 bits per heavy atom. The molecular formula is C12H8OS2. The third-order valence-electron chi connectivity index (χ3n) is 2.13. The molecule has 15 heavy (non-hydrogen) atoms. The maximum atomic E-state index is 5.36. The van der Waals surface area contributed by atoms with E-state index in [-0.39, 0.29) is 0 Å². The van der Waals surface area contributed by atoms with Gasteiger partial charge in [-0.1, -0.05) is 6.07 Å². The SMILES string of the molecule is c1coc(-c2ccc(-c3cccs3)s2)c1. The molecule has 3 rings (SSSR count). The minimum absolute atomic E-state index is 0.947. The molecule has 0 aliphatic heterocycles. The van der Waals surface area contributed by atoms with E-state index in [0.29, 0.717) is 0 Å². The van der Waals surface area contributed by atoms with Crippen molar-refractivity contribution in [2.45, 2.75) is 0 Å². The number of hydrogen-bond donors (Lipinski definition) is 0. The summed E-state index contributed by atoms with van der Waals surface area (Å²) in [5, 5.41) is 2.10. The first kappa shape index (κ1) is 8.95. The summed E-state index contributed by atoms with van der Waals surface area (Å²) in [7, 11) is 0. The van der Waals surface area contributed by atoms with Gasteiger partial charge in [0.25, 0.3) is 0 Å². The molecule has 3 heterocycles. The lowest BCUT2D eigenvalue weighted by Crippen LogP contribution is -1.59. The molecule has 0 bridgehead atoms. The quantitative estimate of drug-likeness (QED) is 0.622. The zero-order valence-electron chi connectivity index (χ0n) is 7.84. The minimum atomic E-state index is 0.947. The van der Waals surface area contributed by atoms with E-state index in [1.165, 1.54) is 14.6 Å². The topological polar surface area (TPSA) is 13.1 Å². The van der Waals surface area contributed by atoms with Crippen LogP contribution in [0.3, 0.4) is 0 Å². The molecule has 0 saturated heterocycles. The Morgan fingerprint density at radius 3 is 2.53 bits per heavy atom. The largest absolute Gasteiger partial charge is 0.464 e. The molecule has 1 nitrogen and oxygen atoms in total. The maximum absolute atomic E-state index is 5.36. The second kappa shape index (κ2) is 3.68. The first-order chi connectivity index (χ1) is 7.43. The molecule has 0 N–H and O–H groups in total. The van der Waals surface area contributed by atoms with E-state index in [0.717, 1.165) is 5.76 Å². The third kappa shape index (κ3) is 1.64.